The van der Waals surface area contributed by atoms with Gasteiger partial charge < -0.3 is 29.3 Å². The van der Waals surface area contributed by atoms with Crippen LogP contribution in [-0.2, 0) is 38.2 Å². The molecular formula is C34H41NO10. The number of hydrogen-bond acceptors (Lipinski definition) is 11. The fourth-order valence-electron chi connectivity index (χ4n) is 11.3. The maximum atomic E-state index is 14.3. The van der Waals surface area contributed by atoms with Crippen molar-refractivity contribution < 1.29 is 48.4 Å². The van der Waals surface area contributed by atoms with E-state index < -0.39 is 93.4 Å². The molecule has 2 unspecified atom stereocenters. The molecule has 0 radical (unpaired) electrons. The average Bonchev–Trinajstić information content (AvgIpc) is 3.36. The Labute approximate surface area is 261 Å². The fourth-order valence-corrected chi connectivity index (χ4v) is 11.3. The third kappa shape index (κ3) is 3.44. The number of ether oxygens (including phenoxy) is 3. The lowest BCUT2D eigenvalue weighted by Crippen LogP contribution is -2.85. The van der Waals surface area contributed by atoms with Gasteiger partial charge in [0.25, 0.3) is 0 Å². The van der Waals surface area contributed by atoms with Crippen LogP contribution < -0.4 is 0 Å². The first kappa shape index (κ1) is 29.5. The molecule has 4 aliphatic heterocycles. The van der Waals surface area contributed by atoms with Crippen LogP contribution in [0.2, 0.25) is 0 Å². The number of fused-ring (bicyclic) bond motifs is 3. The molecule has 0 aromatic rings. The van der Waals surface area contributed by atoms with Crippen LogP contribution in [0.15, 0.2) is 23.9 Å². The van der Waals surface area contributed by atoms with Crippen molar-refractivity contribution in [2.45, 2.75) is 83.2 Å². The summed E-state index contributed by atoms with van der Waals surface area (Å²) in [4.78, 5) is 68.4. The highest BCUT2D eigenvalue weighted by Gasteiger charge is 2.88. The Morgan fingerprint density at radius 1 is 1.04 bits per heavy atom. The molecule has 11 heteroatoms. The Kier molecular flexibility index (Phi) is 6.13. The molecule has 2 N–H and O–H groups in total. The van der Waals surface area contributed by atoms with Gasteiger partial charge in [-0.25, -0.2) is 0 Å². The second kappa shape index (κ2) is 9.35. The van der Waals surface area contributed by atoms with Crippen molar-refractivity contribution in [2.24, 2.45) is 51.8 Å². The summed E-state index contributed by atoms with van der Waals surface area (Å²) in [6.07, 6.45) is 3.04. The molecule has 45 heavy (non-hydrogen) atoms. The summed E-state index contributed by atoms with van der Waals surface area (Å²) in [5.74, 6) is -7.38. The summed E-state index contributed by atoms with van der Waals surface area (Å²) >= 11 is 0. The fraction of sp³-hybridized carbons (Fsp3) is 0.735. The summed E-state index contributed by atoms with van der Waals surface area (Å²) in [6, 6.07) is 0. The van der Waals surface area contributed by atoms with E-state index >= 15 is 0 Å². The molecule has 2 spiro atoms. The van der Waals surface area contributed by atoms with Gasteiger partial charge in [-0.1, -0.05) is 26.5 Å². The normalized spacial score (nSPS) is 46.8. The summed E-state index contributed by atoms with van der Waals surface area (Å²) < 4.78 is 17.2. The zero-order valence-electron chi connectivity index (χ0n) is 25.8. The lowest BCUT2D eigenvalue weighted by Gasteiger charge is -2.73. The quantitative estimate of drug-likeness (QED) is 0.269. The molecule has 0 amide bonds. The first-order valence-corrected chi connectivity index (χ1v) is 16.5. The maximum absolute atomic E-state index is 14.3. The van der Waals surface area contributed by atoms with Crippen molar-refractivity contribution >= 4 is 29.5 Å². The van der Waals surface area contributed by atoms with Gasteiger partial charge in [0.15, 0.2) is 5.78 Å². The molecule has 0 aromatic carbocycles. The number of rotatable bonds is 3. The highest BCUT2D eigenvalue weighted by molar-refractivity contribution is 6.06. The monoisotopic (exact) mass is 623 g/mol. The molecule has 4 saturated heterocycles. The number of esters is 3. The summed E-state index contributed by atoms with van der Waals surface area (Å²) in [6.45, 7) is 9.10. The second-order valence-corrected chi connectivity index (χ2v) is 15.5. The van der Waals surface area contributed by atoms with E-state index in [1.165, 1.54) is 0 Å². The van der Waals surface area contributed by atoms with E-state index in [2.05, 4.69) is 11.5 Å². The zero-order chi connectivity index (χ0) is 31.8. The number of carbonyl (C=O) groups is 5. The molecule has 8 fully saturated rings. The number of Topliss-reactive ketones (excluding diaryl/α,β-unsaturated/α-hetero) is 2. The zero-order valence-corrected chi connectivity index (χ0v) is 25.8. The topological polar surface area (TPSA) is 157 Å². The number of hydrogen-bond donors (Lipinski definition) is 2. The number of allylic oxidation sites excluding steroid dienone is 2. The van der Waals surface area contributed by atoms with Crippen molar-refractivity contribution in [3.8, 4) is 0 Å². The molecule has 4 heterocycles. The molecule has 11 nitrogen and oxygen atoms in total. The number of likely N-dealkylation sites (tertiary alicyclic amines) is 1. The average molecular weight is 624 g/mol. The smallest absolute Gasteiger partial charge is 0.317 e. The van der Waals surface area contributed by atoms with Crippen molar-refractivity contribution in [3.05, 3.63) is 23.9 Å². The Balaban J connectivity index is 1.06. The van der Waals surface area contributed by atoms with Gasteiger partial charge in [-0.2, -0.15) is 0 Å². The number of aliphatic hydroxyl groups excluding tert-OH is 1. The first-order valence-electron chi connectivity index (χ1n) is 16.5. The van der Waals surface area contributed by atoms with Gasteiger partial charge in [-0.05, 0) is 55.4 Å². The van der Waals surface area contributed by atoms with E-state index in [9.17, 15) is 34.2 Å². The molecule has 10 atom stereocenters. The van der Waals surface area contributed by atoms with Crippen molar-refractivity contribution in [1.82, 2.24) is 4.90 Å². The molecule has 5 aliphatic carbocycles. The van der Waals surface area contributed by atoms with Crippen molar-refractivity contribution in [1.29, 1.82) is 0 Å². The van der Waals surface area contributed by atoms with Gasteiger partial charge in [-0.15, -0.1) is 0 Å². The lowest BCUT2D eigenvalue weighted by molar-refractivity contribution is -0.437. The molecule has 4 bridgehead atoms. The molecule has 9 rings (SSSR count). The predicted molar refractivity (Wildman–Crippen MR) is 153 cm³/mol. The van der Waals surface area contributed by atoms with E-state index in [0.717, 1.165) is 5.70 Å². The third-order valence-electron chi connectivity index (χ3n) is 13.4. The number of piperidine rings is 1. The number of carbonyl (C=O) groups excluding carboxylic acids is 5. The van der Waals surface area contributed by atoms with Gasteiger partial charge in [0.05, 0.1) is 29.8 Å². The Morgan fingerprint density at radius 3 is 2.49 bits per heavy atom. The minimum Gasteiger partial charge on any atom is -0.460 e. The first-order chi connectivity index (χ1) is 21.3. The standard InChI is InChI=1S/C34H41NO10/c1-16-19-6-7-22-32-15-43-34(42,26(38)24(32)31(2,3)11-8-23(32)36)33(22,25(16)37)27(19)44-28(39)17-9-12-35(13-10-17)18-4-5-20-21(14-18)30(41)45-29(20)40/h4,17,19-22,24,26-27,38,42H,1,5-15H2,2-3H3/t19-,20?,21?,22-,24+,26-,27+,32+,33-,34+/m0/s1. The van der Waals surface area contributed by atoms with Gasteiger partial charge in [0.1, 0.15) is 23.4 Å². The number of aliphatic hydroxyl groups is 2. The van der Waals surface area contributed by atoms with Crippen LogP contribution in [-0.4, -0.2) is 82.3 Å². The van der Waals surface area contributed by atoms with Crippen LogP contribution in [0.5, 0.6) is 0 Å². The second-order valence-electron chi connectivity index (χ2n) is 15.5. The Hall–Kier alpha value is -2.89. The number of ketones is 2. The van der Waals surface area contributed by atoms with Gasteiger partial charge in [-0.3, -0.25) is 24.0 Å². The van der Waals surface area contributed by atoms with Gasteiger partial charge >= 0.3 is 17.9 Å². The SMILES string of the molecule is C=C1C(=O)[C@]23[C@H](OC(=O)C4CCN(C5=CCC6C(=O)OC(=O)C6C5)CC4)[C@H]1CC[C@H]2[C@@]12CO[C@]3(O)[C@@H](O)[C@@H]1C(C)(C)CCC2=O. The van der Waals surface area contributed by atoms with Crippen molar-refractivity contribution in [2.75, 3.05) is 19.7 Å². The van der Waals surface area contributed by atoms with E-state index in [1.807, 2.05) is 19.9 Å². The summed E-state index contributed by atoms with van der Waals surface area (Å²) in [5.41, 5.74) is -2.23. The van der Waals surface area contributed by atoms with Crippen molar-refractivity contribution in [3.63, 3.8) is 0 Å². The van der Waals surface area contributed by atoms with E-state index in [1.54, 1.807) is 0 Å². The largest absolute Gasteiger partial charge is 0.460 e. The molecular weight excluding hydrogens is 582 g/mol. The highest BCUT2D eigenvalue weighted by atomic mass is 16.6. The Morgan fingerprint density at radius 2 is 1.76 bits per heavy atom. The van der Waals surface area contributed by atoms with Crippen LogP contribution in [0.3, 0.4) is 0 Å². The van der Waals surface area contributed by atoms with Crippen LogP contribution in [0.1, 0.15) is 65.2 Å². The number of nitrogens with zero attached hydrogens (tertiary/aromatic N) is 1. The van der Waals surface area contributed by atoms with E-state index in [0.29, 0.717) is 64.5 Å². The highest BCUT2D eigenvalue weighted by Crippen LogP contribution is 2.76. The van der Waals surface area contributed by atoms with Crippen LogP contribution in [0, 0.1) is 51.8 Å². The molecule has 0 aromatic heterocycles. The molecule has 9 aliphatic rings. The van der Waals surface area contributed by atoms with Crippen LogP contribution in [0.25, 0.3) is 0 Å². The molecule has 242 valence electrons. The summed E-state index contributed by atoms with van der Waals surface area (Å²) in [7, 11) is 0. The van der Waals surface area contributed by atoms with Gasteiger partial charge in [0.2, 0.25) is 5.79 Å². The third-order valence-corrected chi connectivity index (χ3v) is 13.4. The number of cyclic esters (lactones) is 2. The van der Waals surface area contributed by atoms with Crippen LogP contribution >= 0.6 is 0 Å². The van der Waals surface area contributed by atoms with E-state index in [-0.39, 0.29) is 18.0 Å². The Bertz CT molecular complexity index is 1470. The lowest BCUT2D eigenvalue weighted by atomic mass is 9.36. The maximum Gasteiger partial charge on any atom is 0.317 e. The minimum atomic E-state index is -2.32. The minimum absolute atomic E-state index is 0.0585. The van der Waals surface area contributed by atoms with Crippen LogP contribution in [0.4, 0.5) is 0 Å². The predicted octanol–water partition coefficient (Wildman–Crippen LogP) is 1.84. The van der Waals surface area contributed by atoms with Gasteiger partial charge in [0, 0.05) is 43.5 Å². The summed E-state index contributed by atoms with van der Waals surface area (Å²) in [5, 5.41) is 24.3. The molecule has 4 saturated carbocycles. The van der Waals surface area contributed by atoms with E-state index in [4.69, 9.17) is 14.2 Å².